The van der Waals surface area contributed by atoms with Crippen molar-refractivity contribution in [1.29, 1.82) is 0 Å². The Balaban J connectivity index is 1.95. The molecule has 1 fully saturated rings. The van der Waals surface area contributed by atoms with Crippen LogP contribution in [0, 0.1) is 6.92 Å². The van der Waals surface area contributed by atoms with Gasteiger partial charge in [-0.25, -0.2) is 0 Å². The Bertz CT molecular complexity index is 406. The molecule has 0 radical (unpaired) electrons. The number of nitrogens with zero attached hydrogens (tertiary/aromatic N) is 2. The van der Waals surface area contributed by atoms with Crippen LogP contribution in [0.15, 0.2) is 6.20 Å². The summed E-state index contributed by atoms with van der Waals surface area (Å²) in [6.07, 6.45) is 1.81. The first-order chi connectivity index (χ1) is 8.06. The van der Waals surface area contributed by atoms with Crippen LogP contribution in [-0.4, -0.2) is 40.9 Å². The SMILES string of the molecule is Cc1nn(C)cc1NC(=O)C1CNC(C)CN1. The molecule has 3 N–H and O–H groups in total. The van der Waals surface area contributed by atoms with Gasteiger partial charge in [0.15, 0.2) is 0 Å². The number of carbonyl (C=O) groups is 1. The number of rotatable bonds is 2. The van der Waals surface area contributed by atoms with Gasteiger partial charge >= 0.3 is 0 Å². The molecule has 2 unspecified atom stereocenters. The van der Waals surface area contributed by atoms with Gasteiger partial charge < -0.3 is 16.0 Å². The molecule has 1 aliphatic rings. The number of hydrogen-bond donors (Lipinski definition) is 3. The summed E-state index contributed by atoms with van der Waals surface area (Å²) >= 11 is 0. The van der Waals surface area contributed by atoms with E-state index in [1.807, 2.05) is 20.2 Å². The summed E-state index contributed by atoms with van der Waals surface area (Å²) in [6, 6.07) is 0.241. The van der Waals surface area contributed by atoms with Crippen molar-refractivity contribution in [2.45, 2.75) is 25.9 Å². The molecule has 6 nitrogen and oxygen atoms in total. The Morgan fingerprint density at radius 2 is 2.29 bits per heavy atom. The number of nitrogens with one attached hydrogen (secondary N) is 3. The van der Waals surface area contributed by atoms with E-state index < -0.39 is 0 Å². The molecule has 17 heavy (non-hydrogen) atoms. The summed E-state index contributed by atoms with van der Waals surface area (Å²) in [4.78, 5) is 12.0. The summed E-state index contributed by atoms with van der Waals surface area (Å²) in [5.41, 5.74) is 1.61. The van der Waals surface area contributed by atoms with Crippen molar-refractivity contribution in [2.24, 2.45) is 7.05 Å². The minimum atomic E-state index is -0.175. The smallest absolute Gasteiger partial charge is 0.242 e. The third-order valence-corrected chi connectivity index (χ3v) is 2.93. The van der Waals surface area contributed by atoms with Gasteiger partial charge in [0.25, 0.3) is 0 Å². The molecule has 2 atom stereocenters. The third kappa shape index (κ3) is 2.83. The van der Waals surface area contributed by atoms with Crippen LogP contribution >= 0.6 is 0 Å². The van der Waals surface area contributed by atoms with Gasteiger partial charge in [-0.3, -0.25) is 9.48 Å². The van der Waals surface area contributed by atoms with Crippen molar-refractivity contribution in [3.05, 3.63) is 11.9 Å². The summed E-state index contributed by atoms with van der Waals surface area (Å²) in [7, 11) is 1.84. The average molecular weight is 237 g/mol. The van der Waals surface area contributed by atoms with Gasteiger partial charge in [0, 0.05) is 32.4 Å². The average Bonchev–Trinajstić information content (AvgIpc) is 2.58. The highest BCUT2D eigenvalue weighted by Crippen LogP contribution is 2.11. The van der Waals surface area contributed by atoms with Gasteiger partial charge in [-0.2, -0.15) is 5.10 Å². The number of aryl methyl sites for hydroxylation is 2. The zero-order chi connectivity index (χ0) is 12.4. The highest BCUT2D eigenvalue weighted by molar-refractivity contribution is 5.95. The monoisotopic (exact) mass is 237 g/mol. The number of hydrogen-bond acceptors (Lipinski definition) is 4. The van der Waals surface area contributed by atoms with Gasteiger partial charge in [-0.15, -0.1) is 0 Å². The topological polar surface area (TPSA) is 71.0 Å². The molecular formula is C11H19N5O. The Labute approximate surface area is 101 Å². The number of amides is 1. The number of piperazine rings is 1. The highest BCUT2D eigenvalue weighted by atomic mass is 16.2. The Morgan fingerprint density at radius 3 is 2.82 bits per heavy atom. The molecule has 94 valence electrons. The van der Waals surface area contributed by atoms with Crippen molar-refractivity contribution < 1.29 is 4.79 Å². The number of aromatic nitrogens is 2. The van der Waals surface area contributed by atoms with Crippen molar-refractivity contribution in [1.82, 2.24) is 20.4 Å². The van der Waals surface area contributed by atoms with E-state index in [4.69, 9.17) is 0 Å². The van der Waals surface area contributed by atoms with Crippen molar-refractivity contribution in [3.8, 4) is 0 Å². The maximum Gasteiger partial charge on any atom is 0.242 e. The molecule has 2 rings (SSSR count). The summed E-state index contributed by atoms with van der Waals surface area (Å²) in [5.74, 6) is -0.0134. The van der Waals surface area contributed by atoms with E-state index in [1.165, 1.54) is 0 Å². The van der Waals surface area contributed by atoms with Gasteiger partial charge in [0.05, 0.1) is 17.4 Å². The van der Waals surface area contributed by atoms with Crippen molar-refractivity contribution >= 4 is 11.6 Å². The molecule has 6 heteroatoms. The maximum absolute atomic E-state index is 12.0. The second-order valence-corrected chi connectivity index (χ2v) is 4.56. The van der Waals surface area contributed by atoms with Crippen LogP contribution in [-0.2, 0) is 11.8 Å². The zero-order valence-corrected chi connectivity index (χ0v) is 10.4. The predicted molar refractivity (Wildman–Crippen MR) is 65.8 cm³/mol. The fourth-order valence-electron chi connectivity index (χ4n) is 1.91. The van der Waals surface area contributed by atoms with Gasteiger partial charge in [0.1, 0.15) is 0 Å². The summed E-state index contributed by atoms with van der Waals surface area (Å²) in [6.45, 7) is 5.44. The van der Waals surface area contributed by atoms with Crippen LogP contribution in [0.3, 0.4) is 0 Å². The van der Waals surface area contributed by atoms with E-state index in [0.717, 1.165) is 17.9 Å². The first-order valence-corrected chi connectivity index (χ1v) is 5.84. The first-order valence-electron chi connectivity index (χ1n) is 5.84. The van der Waals surface area contributed by atoms with Crippen molar-refractivity contribution in [2.75, 3.05) is 18.4 Å². The van der Waals surface area contributed by atoms with E-state index in [2.05, 4.69) is 28.0 Å². The van der Waals surface area contributed by atoms with Gasteiger partial charge in [0.2, 0.25) is 5.91 Å². The lowest BCUT2D eigenvalue weighted by atomic mass is 10.1. The Kier molecular flexibility index (Phi) is 3.44. The largest absolute Gasteiger partial charge is 0.322 e. The van der Waals surface area contributed by atoms with Crippen LogP contribution in [0.2, 0.25) is 0 Å². The number of carbonyl (C=O) groups excluding carboxylic acids is 1. The van der Waals surface area contributed by atoms with Crippen LogP contribution in [0.4, 0.5) is 5.69 Å². The quantitative estimate of drug-likeness (QED) is 0.655. The van der Waals surface area contributed by atoms with E-state index in [1.54, 1.807) is 4.68 Å². The lowest BCUT2D eigenvalue weighted by molar-refractivity contribution is -0.118. The predicted octanol–water partition coefficient (Wildman–Crippen LogP) is -0.383. The van der Waals surface area contributed by atoms with Crippen LogP contribution < -0.4 is 16.0 Å². The normalized spacial score (nSPS) is 24.6. The lowest BCUT2D eigenvalue weighted by Gasteiger charge is -2.28. The van der Waals surface area contributed by atoms with E-state index in [-0.39, 0.29) is 11.9 Å². The highest BCUT2D eigenvalue weighted by Gasteiger charge is 2.23. The van der Waals surface area contributed by atoms with Crippen LogP contribution in [0.25, 0.3) is 0 Å². The van der Waals surface area contributed by atoms with Gasteiger partial charge in [-0.05, 0) is 13.8 Å². The van der Waals surface area contributed by atoms with Crippen LogP contribution in [0.1, 0.15) is 12.6 Å². The molecule has 1 aromatic heterocycles. The molecule has 1 amide bonds. The van der Waals surface area contributed by atoms with E-state index in [0.29, 0.717) is 12.6 Å². The molecule has 0 bridgehead atoms. The summed E-state index contributed by atoms with van der Waals surface area (Å²) in [5, 5.41) is 13.6. The molecule has 1 aromatic rings. The molecule has 0 aliphatic carbocycles. The standard InChI is InChI=1S/C11H19N5O/c1-7-4-13-9(5-12-7)11(17)14-10-6-16(3)15-8(10)2/h6-7,9,12-13H,4-5H2,1-3H3,(H,14,17). The van der Waals surface area contributed by atoms with E-state index >= 15 is 0 Å². The summed E-state index contributed by atoms with van der Waals surface area (Å²) < 4.78 is 1.69. The lowest BCUT2D eigenvalue weighted by Crippen LogP contribution is -2.57. The second-order valence-electron chi connectivity index (χ2n) is 4.56. The minimum absolute atomic E-state index is 0.0134. The maximum atomic E-state index is 12.0. The Morgan fingerprint density at radius 1 is 1.53 bits per heavy atom. The van der Waals surface area contributed by atoms with Crippen molar-refractivity contribution in [3.63, 3.8) is 0 Å². The number of anilines is 1. The Hall–Kier alpha value is -1.40. The fraction of sp³-hybridized carbons (Fsp3) is 0.636. The minimum Gasteiger partial charge on any atom is -0.322 e. The molecular weight excluding hydrogens is 218 g/mol. The van der Waals surface area contributed by atoms with Gasteiger partial charge in [-0.1, -0.05) is 0 Å². The molecule has 2 heterocycles. The zero-order valence-electron chi connectivity index (χ0n) is 10.4. The molecule has 0 aromatic carbocycles. The molecule has 0 saturated carbocycles. The molecule has 0 spiro atoms. The van der Waals surface area contributed by atoms with E-state index in [9.17, 15) is 4.79 Å². The third-order valence-electron chi connectivity index (χ3n) is 2.93. The second kappa shape index (κ2) is 4.85. The molecule has 1 aliphatic heterocycles. The fourth-order valence-corrected chi connectivity index (χ4v) is 1.91. The van der Waals surface area contributed by atoms with Crippen LogP contribution in [0.5, 0.6) is 0 Å². The first kappa shape index (κ1) is 12.1. The molecule has 1 saturated heterocycles.